The van der Waals surface area contributed by atoms with E-state index in [0.717, 1.165) is 54.6 Å². The summed E-state index contributed by atoms with van der Waals surface area (Å²) in [4.78, 5) is 25.2. The molecule has 5 heterocycles. The molecule has 162 valence electrons. The van der Waals surface area contributed by atoms with Crippen molar-refractivity contribution in [1.82, 2.24) is 34.4 Å². The number of pyridine rings is 2. The smallest absolute Gasteiger partial charge is 0.254 e. The van der Waals surface area contributed by atoms with Crippen LogP contribution in [0.1, 0.15) is 59.4 Å². The molecule has 0 spiro atoms. The second-order valence-corrected chi connectivity index (χ2v) is 8.79. The average molecular weight is 428 g/mol. The van der Waals surface area contributed by atoms with Crippen molar-refractivity contribution in [2.24, 2.45) is 0 Å². The van der Waals surface area contributed by atoms with Crippen LogP contribution in [0.5, 0.6) is 0 Å². The molecule has 0 bridgehead atoms. The van der Waals surface area contributed by atoms with E-state index < -0.39 is 0 Å². The fourth-order valence-electron chi connectivity index (χ4n) is 4.73. The Morgan fingerprint density at radius 1 is 1.12 bits per heavy atom. The summed E-state index contributed by atoms with van der Waals surface area (Å²) >= 11 is 0. The molecule has 2 aliphatic rings. The topological polar surface area (TPSA) is 81.7 Å². The lowest BCUT2D eigenvalue weighted by Gasteiger charge is -2.33. The van der Waals surface area contributed by atoms with Crippen LogP contribution >= 0.6 is 0 Å². The molecule has 1 amide bonds. The number of hydrogen-bond donors (Lipinski definition) is 0. The lowest BCUT2D eigenvalue weighted by atomic mass is 10.0. The Balaban J connectivity index is 1.44. The number of aryl methyl sites for hydroxylation is 1. The first-order valence-corrected chi connectivity index (χ1v) is 11.3. The summed E-state index contributed by atoms with van der Waals surface area (Å²) in [6, 6.07) is 9.89. The van der Waals surface area contributed by atoms with Gasteiger partial charge in [0.05, 0.1) is 22.7 Å². The summed E-state index contributed by atoms with van der Waals surface area (Å²) < 4.78 is 3.75. The van der Waals surface area contributed by atoms with Gasteiger partial charge in [-0.2, -0.15) is 14.9 Å². The minimum Gasteiger partial charge on any atom is -0.336 e. The Morgan fingerprint density at radius 3 is 2.78 bits per heavy atom. The molecule has 4 aromatic heterocycles. The largest absolute Gasteiger partial charge is 0.336 e. The summed E-state index contributed by atoms with van der Waals surface area (Å²) in [7, 11) is 0. The summed E-state index contributed by atoms with van der Waals surface area (Å²) in [5.74, 6) is 1.19. The van der Waals surface area contributed by atoms with E-state index in [1.807, 2.05) is 53.0 Å². The Bertz CT molecular complexity index is 1270. The molecule has 1 saturated carbocycles. The summed E-state index contributed by atoms with van der Waals surface area (Å²) in [6.07, 6.45) is 9.76. The standard InChI is InChI=1S/C24H25N7O/c1-16-22-19(24(32)29-12-4-6-18(15-29)30-13-5-11-26-30)14-20(17-8-9-17)27-23(22)31(28-16)21-7-2-3-10-25-21/h2-3,5,7,10-11,13-14,17-18H,4,6,8-9,12,15H2,1H3. The van der Waals surface area contributed by atoms with Gasteiger partial charge >= 0.3 is 0 Å². The van der Waals surface area contributed by atoms with Crippen LogP contribution in [0.15, 0.2) is 48.9 Å². The maximum Gasteiger partial charge on any atom is 0.254 e. The van der Waals surface area contributed by atoms with Crippen LogP contribution in [0.2, 0.25) is 0 Å². The molecule has 2 fully saturated rings. The maximum absolute atomic E-state index is 13.8. The third kappa shape index (κ3) is 3.26. The molecule has 1 saturated heterocycles. The van der Waals surface area contributed by atoms with E-state index in [9.17, 15) is 4.79 Å². The number of rotatable bonds is 4. The van der Waals surface area contributed by atoms with Gasteiger partial charge in [0, 0.05) is 43.3 Å². The van der Waals surface area contributed by atoms with Crippen molar-refractivity contribution >= 4 is 16.9 Å². The minimum absolute atomic E-state index is 0.0554. The van der Waals surface area contributed by atoms with Gasteiger partial charge in [0.2, 0.25) is 0 Å². The summed E-state index contributed by atoms with van der Waals surface area (Å²) in [5, 5.41) is 9.96. The van der Waals surface area contributed by atoms with Crippen LogP contribution in [-0.4, -0.2) is 53.4 Å². The van der Waals surface area contributed by atoms with Gasteiger partial charge < -0.3 is 4.90 Å². The van der Waals surface area contributed by atoms with Crippen molar-refractivity contribution in [2.75, 3.05) is 13.1 Å². The zero-order chi connectivity index (χ0) is 21.7. The number of amides is 1. The predicted molar refractivity (Wildman–Crippen MR) is 120 cm³/mol. The number of carbonyl (C=O) groups is 1. The number of fused-ring (bicyclic) bond motifs is 1. The third-order valence-corrected chi connectivity index (χ3v) is 6.51. The molecular formula is C24H25N7O. The molecule has 8 nitrogen and oxygen atoms in total. The number of piperidine rings is 1. The van der Waals surface area contributed by atoms with Crippen molar-refractivity contribution in [1.29, 1.82) is 0 Å². The summed E-state index contributed by atoms with van der Waals surface area (Å²) in [5.41, 5.74) is 3.20. The van der Waals surface area contributed by atoms with E-state index in [1.165, 1.54) is 0 Å². The molecular weight excluding hydrogens is 402 g/mol. The Labute approximate surface area is 185 Å². The number of hydrogen-bond acceptors (Lipinski definition) is 5. The first kappa shape index (κ1) is 19.2. The lowest BCUT2D eigenvalue weighted by Crippen LogP contribution is -2.41. The highest BCUT2D eigenvalue weighted by Crippen LogP contribution is 2.41. The molecule has 1 aliphatic heterocycles. The van der Waals surface area contributed by atoms with Gasteiger partial charge in [0.15, 0.2) is 11.5 Å². The van der Waals surface area contributed by atoms with Gasteiger partial charge in [0.1, 0.15) is 0 Å². The SMILES string of the molecule is Cc1nn(-c2ccccn2)c2nc(C3CC3)cc(C(=O)N3CCCC(n4cccn4)C3)c12. The van der Waals surface area contributed by atoms with Gasteiger partial charge in [-0.1, -0.05) is 6.07 Å². The Morgan fingerprint density at radius 2 is 2.03 bits per heavy atom. The fraction of sp³-hybridized carbons (Fsp3) is 0.375. The molecule has 8 heteroatoms. The summed E-state index contributed by atoms with van der Waals surface area (Å²) in [6.45, 7) is 3.36. The zero-order valence-corrected chi connectivity index (χ0v) is 18.1. The molecule has 1 aliphatic carbocycles. The minimum atomic E-state index is 0.0554. The highest BCUT2D eigenvalue weighted by atomic mass is 16.2. The Hall–Kier alpha value is -3.55. The second kappa shape index (κ2) is 7.55. The molecule has 1 unspecified atom stereocenters. The second-order valence-electron chi connectivity index (χ2n) is 8.79. The van der Waals surface area contributed by atoms with E-state index in [0.29, 0.717) is 23.8 Å². The van der Waals surface area contributed by atoms with Crippen LogP contribution in [0.4, 0.5) is 0 Å². The fourth-order valence-corrected chi connectivity index (χ4v) is 4.73. The van der Waals surface area contributed by atoms with Crippen molar-refractivity contribution in [3.05, 3.63) is 65.9 Å². The van der Waals surface area contributed by atoms with E-state index in [2.05, 4.69) is 10.1 Å². The Kier molecular flexibility index (Phi) is 4.52. The number of likely N-dealkylation sites (tertiary alicyclic amines) is 1. The maximum atomic E-state index is 13.8. The highest BCUT2D eigenvalue weighted by molar-refractivity contribution is 6.06. The van der Waals surface area contributed by atoms with E-state index in [-0.39, 0.29) is 11.9 Å². The first-order valence-electron chi connectivity index (χ1n) is 11.3. The molecule has 1 atom stereocenters. The molecule has 0 N–H and O–H groups in total. The third-order valence-electron chi connectivity index (χ3n) is 6.51. The van der Waals surface area contributed by atoms with Crippen LogP contribution in [0, 0.1) is 6.92 Å². The normalized spacial score (nSPS) is 18.9. The zero-order valence-electron chi connectivity index (χ0n) is 18.1. The van der Waals surface area contributed by atoms with Crippen molar-refractivity contribution in [3.8, 4) is 5.82 Å². The molecule has 6 rings (SSSR count). The van der Waals surface area contributed by atoms with Gasteiger partial charge in [0.25, 0.3) is 5.91 Å². The van der Waals surface area contributed by atoms with Gasteiger partial charge in [-0.25, -0.2) is 9.97 Å². The number of aromatic nitrogens is 6. The van der Waals surface area contributed by atoms with Crippen LogP contribution in [0.3, 0.4) is 0 Å². The van der Waals surface area contributed by atoms with Crippen molar-refractivity contribution < 1.29 is 4.79 Å². The van der Waals surface area contributed by atoms with Crippen LogP contribution in [0.25, 0.3) is 16.9 Å². The highest BCUT2D eigenvalue weighted by Gasteiger charge is 2.32. The molecule has 4 aromatic rings. The van der Waals surface area contributed by atoms with Crippen molar-refractivity contribution in [2.45, 2.75) is 44.6 Å². The van der Waals surface area contributed by atoms with Crippen LogP contribution < -0.4 is 0 Å². The van der Waals surface area contributed by atoms with E-state index in [1.54, 1.807) is 17.1 Å². The van der Waals surface area contributed by atoms with Crippen molar-refractivity contribution in [3.63, 3.8) is 0 Å². The van der Waals surface area contributed by atoms with Gasteiger partial charge in [-0.05, 0) is 56.9 Å². The molecule has 0 radical (unpaired) electrons. The average Bonchev–Trinajstić information content (AvgIpc) is 3.44. The quantitative estimate of drug-likeness (QED) is 0.496. The first-order chi connectivity index (χ1) is 15.7. The monoisotopic (exact) mass is 427 g/mol. The molecule has 32 heavy (non-hydrogen) atoms. The van der Waals surface area contributed by atoms with Gasteiger partial charge in [-0.3, -0.25) is 9.48 Å². The molecule has 0 aromatic carbocycles. The van der Waals surface area contributed by atoms with E-state index >= 15 is 0 Å². The van der Waals surface area contributed by atoms with E-state index in [4.69, 9.17) is 10.1 Å². The predicted octanol–water partition coefficient (Wildman–Crippen LogP) is 3.68. The van der Waals surface area contributed by atoms with Gasteiger partial charge in [-0.15, -0.1) is 0 Å². The number of nitrogens with zero attached hydrogens (tertiary/aromatic N) is 7. The number of carbonyl (C=O) groups excluding carboxylic acids is 1. The lowest BCUT2D eigenvalue weighted by molar-refractivity contribution is 0.0674. The van der Waals surface area contributed by atoms with Crippen LogP contribution in [-0.2, 0) is 0 Å².